The van der Waals surface area contributed by atoms with Crippen LogP contribution < -0.4 is 0 Å². The number of allylic oxidation sites excluding steroid dienone is 2. The Kier molecular flexibility index (Phi) is 8.08. The number of halogens is 2. The third-order valence-electron chi connectivity index (χ3n) is 4.22. The lowest BCUT2D eigenvalue weighted by Gasteiger charge is -2.27. The highest BCUT2D eigenvalue weighted by Gasteiger charge is 2.43. The van der Waals surface area contributed by atoms with Gasteiger partial charge in [-0.25, -0.2) is 0 Å². The molecule has 0 N–H and O–H groups in total. The van der Waals surface area contributed by atoms with Crippen molar-refractivity contribution in [3.63, 3.8) is 0 Å². The fourth-order valence-electron chi connectivity index (χ4n) is 3.21. The van der Waals surface area contributed by atoms with E-state index in [-0.39, 0.29) is 5.41 Å². The van der Waals surface area contributed by atoms with Gasteiger partial charge in [0.25, 0.3) is 0 Å². The maximum atomic E-state index is 5.60. The minimum Gasteiger partial charge on any atom is -0.384 e. The number of hydrogen-bond donors (Lipinski definition) is 0. The van der Waals surface area contributed by atoms with Crippen LogP contribution in [0.5, 0.6) is 0 Å². The molecule has 0 unspecified atom stereocenters. The lowest BCUT2D eigenvalue weighted by Crippen LogP contribution is -2.29. The van der Waals surface area contributed by atoms with Crippen LogP contribution >= 0.6 is 45.2 Å². The Morgan fingerprint density at radius 3 is 1.35 bits per heavy atom. The van der Waals surface area contributed by atoms with Gasteiger partial charge in [-0.1, -0.05) is 84.5 Å². The molecular weight excluding hydrogens is 546 g/mol. The van der Waals surface area contributed by atoms with E-state index in [1.807, 2.05) is 14.2 Å². The van der Waals surface area contributed by atoms with Crippen LogP contribution in [0.25, 0.3) is 0 Å². The highest BCUT2D eigenvalue weighted by atomic mass is 127. The van der Waals surface area contributed by atoms with Crippen molar-refractivity contribution in [3.05, 3.63) is 17.6 Å². The summed E-state index contributed by atoms with van der Waals surface area (Å²) in [5.41, 5.74) is 3.34. The molecule has 2 nitrogen and oxygen atoms in total. The number of methoxy groups -OCH3 is 2. The quantitative estimate of drug-likeness (QED) is 0.277. The van der Waals surface area contributed by atoms with Gasteiger partial charge >= 0.3 is 0 Å². The molecule has 1 aliphatic rings. The van der Waals surface area contributed by atoms with Crippen molar-refractivity contribution < 1.29 is 9.47 Å². The zero-order valence-electron chi connectivity index (χ0n) is 15.9. The van der Waals surface area contributed by atoms with Crippen LogP contribution in [0.2, 0.25) is 39.3 Å². The molecule has 0 amide bonds. The highest BCUT2D eigenvalue weighted by Crippen LogP contribution is 2.52. The minimum atomic E-state index is -1.32. The molecular formula is C17H32I2O2Si2. The van der Waals surface area contributed by atoms with E-state index in [9.17, 15) is 0 Å². The number of rotatable bonds is 6. The van der Waals surface area contributed by atoms with Gasteiger partial charge in [-0.05, 0) is 30.4 Å². The predicted octanol–water partition coefficient (Wildman–Crippen LogP) is 6.19. The van der Waals surface area contributed by atoms with Crippen LogP contribution in [-0.2, 0) is 9.47 Å². The first-order valence-corrected chi connectivity index (χ1v) is 17.3. The molecule has 1 saturated carbocycles. The van der Waals surface area contributed by atoms with E-state index in [0.29, 0.717) is 0 Å². The van der Waals surface area contributed by atoms with Crippen LogP contribution in [0.3, 0.4) is 0 Å². The van der Waals surface area contributed by atoms with E-state index in [1.54, 1.807) is 17.6 Å². The lowest BCUT2D eigenvalue weighted by molar-refractivity contribution is 0.0190. The summed E-state index contributed by atoms with van der Waals surface area (Å²) in [4.78, 5) is 0. The first-order valence-electron chi connectivity index (χ1n) is 8.14. The summed E-state index contributed by atoms with van der Waals surface area (Å²) >= 11 is 5.28. The van der Waals surface area contributed by atoms with E-state index in [4.69, 9.17) is 9.47 Å². The van der Waals surface area contributed by atoms with E-state index >= 15 is 0 Å². The second-order valence-electron chi connectivity index (χ2n) is 8.80. The Balaban J connectivity index is 3.52. The SMILES string of the molecule is COCC1(COC)CC(=C(/I)[Si](C)(C)C)/C(=C(\I)[Si](C)(C)C)C1. The van der Waals surface area contributed by atoms with E-state index in [2.05, 4.69) is 84.5 Å². The minimum absolute atomic E-state index is 0.111. The molecule has 0 aromatic heterocycles. The largest absolute Gasteiger partial charge is 0.384 e. The second-order valence-corrected chi connectivity index (χ2v) is 23.0. The first-order chi connectivity index (χ1) is 10.4. The predicted molar refractivity (Wildman–Crippen MR) is 124 cm³/mol. The average Bonchev–Trinajstić information content (AvgIpc) is 2.75. The summed E-state index contributed by atoms with van der Waals surface area (Å²) in [5.74, 6) is 0. The standard InChI is InChI=1S/C17H32I2O2Si2/c1-20-11-17(12-21-2)9-13(15(18)22(3,4)5)14(10-17)16(19)23(6,7)8/h9-12H2,1-8H3/b15-13+,16-14+. The average molecular weight is 578 g/mol. The summed E-state index contributed by atoms with van der Waals surface area (Å²) in [6.45, 7) is 16.3. The Morgan fingerprint density at radius 1 is 0.826 bits per heavy atom. The Morgan fingerprint density at radius 2 is 1.13 bits per heavy atom. The lowest BCUT2D eigenvalue weighted by atomic mass is 9.88. The third kappa shape index (κ3) is 5.64. The van der Waals surface area contributed by atoms with Crippen LogP contribution in [-0.4, -0.2) is 43.6 Å². The second kappa shape index (κ2) is 8.32. The van der Waals surface area contributed by atoms with Crippen molar-refractivity contribution in [2.24, 2.45) is 5.41 Å². The molecule has 6 heteroatoms. The molecule has 0 aliphatic heterocycles. The molecule has 0 spiro atoms. The molecule has 0 atom stereocenters. The molecule has 0 saturated heterocycles. The summed E-state index contributed by atoms with van der Waals surface area (Å²) in [5, 5.41) is 0. The highest BCUT2D eigenvalue weighted by molar-refractivity contribution is 14.1. The summed E-state index contributed by atoms with van der Waals surface area (Å²) in [7, 11) is 0.993. The molecule has 0 bridgehead atoms. The van der Waals surface area contributed by atoms with Gasteiger partial charge in [0.05, 0.1) is 29.4 Å². The van der Waals surface area contributed by atoms with Gasteiger partial charge in [-0.3, -0.25) is 0 Å². The third-order valence-corrected chi connectivity index (χ3v) is 18.5. The van der Waals surface area contributed by atoms with Crippen LogP contribution in [0, 0.1) is 5.41 Å². The summed E-state index contributed by atoms with van der Waals surface area (Å²) in [6, 6.07) is 0. The first kappa shape index (κ1) is 22.3. The fraction of sp³-hybridized carbons (Fsp3) is 0.765. The molecule has 134 valence electrons. The van der Waals surface area contributed by atoms with Crippen molar-refractivity contribution in [3.8, 4) is 0 Å². The van der Waals surface area contributed by atoms with Gasteiger partial charge in [-0.2, -0.15) is 0 Å². The van der Waals surface area contributed by atoms with Crippen LogP contribution in [0.4, 0.5) is 0 Å². The summed E-state index contributed by atoms with van der Waals surface area (Å²) < 4.78 is 14.5. The molecule has 0 aromatic rings. The normalized spacial score (nSPS) is 23.2. The van der Waals surface area contributed by atoms with E-state index in [0.717, 1.165) is 26.1 Å². The van der Waals surface area contributed by atoms with Gasteiger partial charge in [0, 0.05) is 19.6 Å². The molecule has 0 heterocycles. The van der Waals surface area contributed by atoms with Crippen molar-refractivity contribution in [1.29, 1.82) is 0 Å². The zero-order valence-corrected chi connectivity index (χ0v) is 22.2. The van der Waals surface area contributed by atoms with Crippen LogP contribution in [0.1, 0.15) is 12.8 Å². The molecule has 23 heavy (non-hydrogen) atoms. The van der Waals surface area contributed by atoms with Crippen LogP contribution in [0.15, 0.2) is 17.6 Å². The number of ether oxygens (including phenoxy) is 2. The topological polar surface area (TPSA) is 18.5 Å². The van der Waals surface area contributed by atoms with Gasteiger partial charge in [0.2, 0.25) is 0 Å². The molecule has 1 rings (SSSR count). The monoisotopic (exact) mass is 578 g/mol. The maximum Gasteiger partial charge on any atom is 0.0858 e. The van der Waals surface area contributed by atoms with Crippen molar-refractivity contribution in [2.45, 2.75) is 52.1 Å². The van der Waals surface area contributed by atoms with Gasteiger partial charge in [0.1, 0.15) is 0 Å². The Bertz CT molecular complexity index is 454. The Hall–Kier alpha value is 1.29. The van der Waals surface area contributed by atoms with Crippen molar-refractivity contribution >= 4 is 61.3 Å². The Labute approximate surface area is 172 Å². The molecule has 1 fully saturated rings. The maximum absolute atomic E-state index is 5.60. The van der Waals surface area contributed by atoms with Crippen molar-refractivity contribution in [1.82, 2.24) is 0 Å². The summed E-state index contributed by atoms with van der Waals surface area (Å²) in [6.07, 6.45) is 2.20. The van der Waals surface area contributed by atoms with E-state index < -0.39 is 16.1 Å². The molecule has 0 radical (unpaired) electrons. The van der Waals surface area contributed by atoms with Gasteiger partial charge in [0.15, 0.2) is 0 Å². The number of hydrogen-bond acceptors (Lipinski definition) is 2. The van der Waals surface area contributed by atoms with Gasteiger partial charge < -0.3 is 9.47 Å². The van der Waals surface area contributed by atoms with Crippen molar-refractivity contribution in [2.75, 3.05) is 27.4 Å². The molecule has 0 aromatic carbocycles. The smallest absolute Gasteiger partial charge is 0.0858 e. The van der Waals surface area contributed by atoms with Gasteiger partial charge in [-0.15, -0.1) is 0 Å². The molecule has 1 aliphatic carbocycles. The zero-order chi connectivity index (χ0) is 18.1. The fourth-order valence-corrected chi connectivity index (χ4v) is 6.53. The van der Waals surface area contributed by atoms with E-state index in [1.165, 1.54) is 0 Å².